The van der Waals surface area contributed by atoms with Crippen LogP contribution in [0.15, 0.2) is 18.2 Å². The minimum atomic E-state index is -0.608. The highest BCUT2D eigenvalue weighted by molar-refractivity contribution is 6.30. The molecule has 1 saturated carbocycles. The molecule has 5 heteroatoms. The van der Waals surface area contributed by atoms with Crippen LogP contribution >= 0.6 is 11.6 Å². The van der Waals surface area contributed by atoms with Crippen molar-refractivity contribution < 1.29 is 14.0 Å². The van der Waals surface area contributed by atoms with Crippen LogP contribution in [0.5, 0.6) is 0 Å². The zero-order chi connectivity index (χ0) is 13.1. The largest absolute Gasteiger partial charge is 0.349 e. The highest BCUT2D eigenvalue weighted by Gasteiger charge is 2.21. The number of carbonyl (C=O) groups is 2. The molecule has 0 aliphatic heterocycles. The van der Waals surface area contributed by atoms with Gasteiger partial charge in [0.1, 0.15) is 11.6 Å². The van der Waals surface area contributed by atoms with Crippen LogP contribution in [0.4, 0.5) is 4.39 Å². The van der Waals surface area contributed by atoms with Gasteiger partial charge in [-0.3, -0.25) is 9.59 Å². The van der Waals surface area contributed by atoms with E-state index in [9.17, 15) is 14.0 Å². The van der Waals surface area contributed by atoms with E-state index < -0.39 is 5.82 Å². The molecule has 0 heterocycles. The number of halogens is 2. The van der Waals surface area contributed by atoms with Gasteiger partial charge in [-0.2, -0.15) is 0 Å². The molecule has 0 bridgehead atoms. The van der Waals surface area contributed by atoms with Crippen molar-refractivity contribution in [3.63, 3.8) is 0 Å². The van der Waals surface area contributed by atoms with E-state index in [2.05, 4.69) is 5.32 Å². The summed E-state index contributed by atoms with van der Waals surface area (Å²) in [6.45, 7) is 0. The highest BCUT2D eigenvalue weighted by atomic mass is 35.5. The Kier molecular flexibility index (Phi) is 3.97. The Morgan fingerprint density at radius 2 is 2.00 bits per heavy atom. The van der Waals surface area contributed by atoms with Crippen LogP contribution in [0.25, 0.3) is 0 Å². The number of hydrogen-bond acceptors (Lipinski definition) is 2. The number of benzene rings is 1. The molecule has 0 unspecified atom stereocenters. The number of rotatable bonds is 2. The Balaban J connectivity index is 1.99. The van der Waals surface area contributed by atoms with Gasteiger partial charge >= 0.3 is 0 Å². The Morgan fingerprint density at radius 1 is 1.33 bits per heavy atom. The van der Waals surface area contributed by atoms with E-state index in [-0.39, 0.29) is 28.3 Å². The van der Waals surface area contributed by atoms with Crippen LogP contribution in [0.3, 0.4) is 0 Å². The van der Waals surface area contributed by atoms with Gasteiger partial charge in [0.25, 0.3) is 5.91 Å². The number of hydrogen-bond donors (Lipinski definition) is 1. The van der Waals surface area contributed by atoms with Gasteiger partial charge in [0, 0.05) is 24.4 Å². The molecule has 1 aliphatic carbocycles. The standard InChI is InChI=1S/C13H13ClFNO2/c14-11-6-1-8(7-12(11)15)13(18)16-9-2-4-10(17)5-3-9/h1,6-7,9H,2-5H2,(H,16,18). The van der Waals surface area contributed by atoms with Gasteiger partial charge in [-0.05, 0) is 31.0 Å². The molecule has 1 amide bonds. The molecule has 1 aromatic rings. The minimum Gasteiger partial charge on any atom is -0.349 e. The second kappa shape index (κ2) is 5.48. The van der Waals surface area contributed by atoms with Crippen molar-refractivity contribution >= 4 is 23.3 Å². The number of amides is 1. The summed E-state index contributed by atoms with van der Waals surface area (Å²) in [7, 11) is 0. The molecule has 0 atom stereocenters. The van der Waals surface area contributed by atoms with Crippen LogP contribution in [0, 0.1) is 5.82 Å². The zero-order valence-electron chi connectivity index (χ0n) is 9.71. The summed E-state index contributed by atoms with van der Waals surface area (Å²) < 4.78 is 13.2. The van der Waals surface area contributed by atoms with Gasteiger partial charge in [-0.1, -0.05) is 11.6 Å². The first-order chi connectivity index (χ1) is 8.56. The monoisotopic (exact) mass is 269 g/mol. The molecule has 1 fully saturated rings. The van der Waals surface area contributed by atoms with Crippen molar-refractivity contribution in [2.45, 2.75) is 31.7 Å². The molecule has 0 radical (unpaired) electrons. The van der Waals surface area contributed by atoms with Crippen LogP contribution in [-0.2, 0) is 4.79 Å². The van der Waals surface area contributed by atoms with Crippen molar-refractivity contribution in [3.05, 3.63) is 34.6 Å². The van der Waals surface area contributed by atoms with Crippen LogP contribution in [0.2, 0.25) is 5.02 Å². The molecule has 0 aromatic heterocycles. The Hall–Kier alpha value is -1.42. The average Bonchev–Trinajstić information content (AvgIpc) is 2.35. The average molecular weight is 270 g/mol. The van der Waals surface area contributed by atoms with Crippen molar-refractivity contribution in [2.24, 2.45) is 0 Å². The summed E-state index contributed by atoms with van der Waals surface area (Å²) in [6, 6.07) is 3.95. The third-order valence-corrected chi connectivity index (χ3v) is 3.37. The number of carbonyl (C=O) groups excluding carboxylic acids is 2. The van der Waals surface area contributed by atoms with Gasteiger partial charge in [-0.15, -0.1) is 0 Å². The van der Waals surface area contributed by atoms with E-state index in [4.69, 9.17) is 11.6 Å². The van der Waals surface area contributed by atoms with Gasteiger partial charge in [0.05, 0.1) is 5.02 Å². The third-order valence-electron chi connectivity index (χ3n) is 3.06. The lowest BCUT2D eigenvalue weighted by atomic mass is 9.94. The molecular weight excluding hydrogens is 257 g/mol. The van der Waals surface area contributed by atoms with Gasteiger partial charge in [0.2, 0.25) is 0 Å². The summed E-state index contributed by atoms with van der Waals surface area (Å²) in [5.74, 6) is -0.703. The summed E-state index contributed by atoms with van der Waals surface area (Å²) in [5, 5.41) is 2.80. The van der Waals surface area contributed by atoms with Gasteiger partial charge in [-0.25, -0.2) is 4.39 Å². The van der Waals surface area contributed by atoms with E-state index in [1.165, 1.54) is 12.1 Å². The minimum absolute atomic E-state index is 0.00480. The molecule has 1 aliphatic rings. The van der Waals surface area contributed by atoms with Crippen LogP contribution in [0.1, 0.15) is 36.0 Å². The maximum absolute atomic E-state index is 13.2. The fourth-order valence-electron chi connectivity index (χ4n) is 1.99. The maximum atomic E-state index is 13.2. The topological polar surface area (TPSA) is 46.2 Å². The van der Waals surface area contributed by atoms with Crippen molar-refractivity contribution in [2.75, 3.05) is 0 Å². The Labute approximate surface area is 109 Å². The Bertz CT molecular complexity index is 480. The lowest BCUT2D eigenvalue weighted by Gasteiger charge is -2.22. The quantitative estimate of drug-likeness (QED) is 0.897. The molecule has 18 heavy (non-hydrogen) atoms. The van der Waals surface area contributed by atoms with Crippen LogP contribution in [-0.4, -0.2) is 17.7 Å². The molecule has 0 spiro atoms. The third kappa shape index (κ3) is 3.07. The molecule has 1 aromatic carbocycles. The fourth-order valence-corrected chi connectivity index (χ4v) is 2.11. The van der Waals surface area contributed by atoms with Crippen molar-refractivity contribution in [3.8, 4) is 0 Å². The Morgan fingerprint density at radius 3 is 2.61 bits per heavy atom. The first kappa shape index (κ1) is 13.0. The van der Waals surface area contributed by atoms with Gasteiger partial charge in [0.15, 0.2) is 0 Å². The summed E-state index contributed by atoms with van der Waals surface area (Å²) in [4.78, 5) is 22.9. The summed E-state index contributed by atoms with van der Waals surface area (Å²) in [6.07, 6.45) is 2.31. The highest BCUT2D eigenvalue weighted by Crippen LogP contribution is 2.18. The lowest BCUT2D eigenvalue weighted by Crippen LogP contribution is -2.37. The molecule has 96 valence electrons. The number of Topliss-reactive ketones (excluding diaryl/α,β-unsaturated/α-hetero) is 1. The molecule has 2 rings (SSSR count). The van der Waals surface area contributed by atoms with E-state index in [1.807, 2.05) is 0 Å². The summed E-state index contributed by atoms with van der Waals surface area (Å²) in [5.41, 5.74) is 0.244. The van der Waals surface area contributed by atoms with E-state index >= 15 is 0 Å². The maximum Gasteiger partial charge on any atom is 0.251 e. The smallest absolute Gasteiger partial charge is 0.251 e. The second-order valence-corrected chi connectivity index (χ2v) is 4.82. The fraction of sp³-hybridized carbons (Fsp3) is 0.385. The zero-order valence-corrected chi connectivity index (χ0v) is 10.5. The lowest BCUT2D eigenvalue weighted by molar-refractivity contribution is -0.120. The van der Waals surface area contributed by atoms with Crippen LogP contribution < -0.4 is 5.32 Å². The normalized spacial score (nSPS) is 16.7. The van der Waals surface area contributed by atoms with E-state index in [0.717, 1.165) is 6.07 Å². The molecule has 0 saturated heterocycles. The van der Waals surface area contributed by atoms with Gasteiger partial charge < -0.3 is 5.32 Å². The SMILES string of the molecule is O=C1CCC(NC(=O)c2ccc(Cl)c(F)c2)CC1. The first-order valence-electron chi connectivity index (χ1n) is 5.84. The first-order valence-corrected chi connectivity index (χ1v) is 6.21. The number of ketones is 1. The molecular formula is C13H13ClFNO2. The van der Waals surface area contributed by atoms with E-state index in [1.54, 1.807) is 0 Å². The van der Waals surface area contributed by atoms with Crippen molar-refractivity contribution in [1.29, 1.82) is 0 Å². The molecule has 1 N–H and O–H groups in total. The van der Waals surface area contributed by atoms with E-state index in [0.29, 0.717) is 25.7 Å². The summed E-state index contributed by atoms with van der Waals surface area (Å²) >= 11 is 5.55. The van der Waals surface area contributed by atoms with Crippen molar-refractivity contribution in [1.82, 2.24) is 5.32 Å². The molecule has 3 nitrogen and oxygen atoms in total. The second-order valence-electron chi connectivity index (χ2n) is 4.42. The number of nitrogens with one attached hydrogen (secondary N) is 1. The predicted octanol–water partition coefficient (Wildman–Crippen LogP) is 2.72. The predicted molar refractivity (Wildman–Crippen MR) is 66.1 cm³/mol.